The van der Waals surface area contributed by atoms with E-state index in [2.05, 4.69) is 0 Å². The first-order valence-corrected chi connectivity index (χ1v) is 11.2. The van der Waals surface area contributed by atoms with Crippen LogP contribution in [-0.2, 0) is 11.2 Å². The van der Waals surface area contributed by atoms with Crippen molar-refractivity contribution in [3.05, 3.63) is 74.3 Å². The number of aliphatic hydroxyl groups is 1. The van der Waals surface area contributed by atoms with Gasteiger partial charge in [-0.05, 0) is 29.2 Å². The molecule has 0 spiro atoms. The lowest BCUT2D eigenvalue weighted by atomic mass is 9.98. The molecule has 3 aromatic rings. The summed E-state index contributed by atoms with van der Waals surface area (Å²) in [4.78, 5) is 24.9. The third-order valence-corrected chi connectivity index (χ3v) is 6.01. The molecule has 0 saturated carbocycles. The van der Waals surface area contributed by atoms with Crippen LogP contribution >= 0.6 is 11.6 Å². The maximum absolute atomic E-state index is 14.6. The number of halogens is 2. The van der Waals surface area contributed by atoms with Gasteiger partial charge in [-0.1, -0.05) is 37.6 Å². The highest BCUT2D eigenvalue weighted by Crippen LogP contribution is 2.31. The van der Waals surface area contributed by atoms with E-state index in [9.17, 15) is 24.2 Å². The van der Waals surface area contributed by atoms with Crippen LogP contribution in [0.3, 0.4) is 0 Å². The van der Waals surface area contributed by atoms with Crippen molar-refractivity contribution < 1.29 is 28.9 Å². The molecular formula is C25H27ClFNO6. The van der Waals surface area contributed by atoms with Gasteiger partial charge in [-0.15, -0.1) is 0 Å². The van der Waals surface area contributed by atoms with Gasteiger partial charge in [0.15, 0.2) is 0 Å². The number of carboxylic acid groups (broad SMARTS) is 1. The van der Waals surface area contributed by atoms with Crippen molar-refractivity contribution in [2.45, 2.75) is 26.3 Å². The van der Waals surface area contributed by atoms with E-state index in [0.29, 0.717) is 29.0 Å². The summed E-state index contributed by atoms with van der Waals surface area (Å²) in [6.07, 6.45) is 1.32. The largest absolute Gasteiger partial charge is 0.491 e. The molecule has 0 amide bonds. The molecule has 3 rings (SSSR count). The number of carboxylic acids is 1. The lowest BCUT2D eigenvalue weighted by Gasteiger charge is -2.25. The molecule has 182 valence electrons. The molecule has 7 nitrogen and oxygen atoms in total. The van der Waals surface area contributed by atoms with Gasteiger partial charge in [0.05, 0.1) is 29.8 Å². The van der Waals surface area contributed by atoms with E-state index >= 15 is 0 Å². The fraction of sp³-hybridized carbons (Fsp3) is 0.360. The summed E-state index contributed by atoms with van der Waals surface area (Å²) < 4.78 is 27.2. The monoisotopic (exact) mass is 491 g/mol. The van der Waals surface area contributed by atoms with E-state index < -0.39 is 28.8 Å². The summed E-state index contributed by atoms with van der Waals surface area (Å²) in [5, 5.41) is 19.7. The Hall–Kier alpha value is -2.94. The standard InChI is InChI=1S/C25H27ClFNO6/c1-14(2)21(13-29)28-12-18(25(31)32)24(30)17-10-16(9-15-5-4-6-19(26)23(15)27)22(11-20(17)28)34-8-7-33-3/h4-6,10-12,14,21,29H,7-9,13H2,1-3H3,(H,31,32)/t21-/m1/s1. The lowest BCUT2D eigenvalue weighted by Crippen LogP contribution is -2.25. The molecule has 0 radical (unpaired) electrons. The van der Waals surface area contributed by atoms with Crippen molar-refractivity contribution in [1.82, 2.24) is 4.57 Å². The average Bonchev–Trinajstić information content (AvgIpc) is 2.79. The molecule has 0 aliphatic rings. The summed E-state index contributed by atoms with van der Waals surface area (Å²) in [7, 11) is 1.53. The van der Waals surface area contributed by atoms with Crippen LogP contribution in [-0.4, -0.2) is 47.7 Å². The minimum atomic E-state index is -1.37. The molecule has 0 aliphatic carbocycles. The zero-order valence-corrected chi connectivity index (χ0v) is 19.9. The minimum absolute atomic E-state index is 0.0293. The maximum Gasteiger partial charge on any atom is 0.341 e. The molecular weight excluding hydrogens is 465 g/mol. The molecule has 2 N–H and O–H groups in total. The number of rotatable bonds is 10. The van der Waals surface area contributed by atoms with Crippen molar-refractivity contribution in [2.75, 3.05) is 26.9 Å². The Kier molecular flexibility index (Phi) is 8.30. The normalized spacial score (nSPS) is 12.3. The number of carbonyl (C=O) groups is 1. The van der Waals surface area contributed by atoms with Crippen molar-refractivity contribution in [3.63, 3.8) is 0 Å². The number of hydrogen-bond donors (Lipinski definition) is 2. The van der Waals surface area contributed by atoms with Gasteiger partial charge in [-0.2, -0.15) is 0 Å². The second kappa shape index (κ2) is 11.0. The Morgan fingerprint density at radius 1 is 1.21 bits per heavy atom. The summed E-state index contributed by atoms with van der Waals surface area (Å²) in [5.41, 5.74) is 0.107. The molecule has 2 aromatic carbocycles. The number of benzene rings is 2. The summed E-state index contributed by atoms with van der Waals surface area (Å²) in [6, 6.07) is 7.31. The summed E-state index contributed by atoms with van der Waals surface area (Å²) in [5.74, 6) is -1.62. The van der Waals surface area contributed by atoms with Crippen LogP contribution < -0.4 is 10.2 Å². The summed E-state index contributed by atoms with van der Waals surface area (Å²) in [6.45, 7) is 4.02. The topological polar surface area (TPSA) is 98.0 Å². The summed E-state index contributed by atoms with van der Waals surface area (Å²) >= 11 is 5.93. The number of ether oxygens (including phenoxy) is 2. The smallest absolute Gasteiger partial charge is 0.341 e. The number of fused-ring (bicyclic) bond motifs is 1. The maximum atomic E-state index is 14.6. The van der Waals surface area contributed by atoms with Crippen molar-refractivity contribution in [1.29, 1.82) is 0 Å². The Balaban J connectivity index is 2.31. The Morgan fingerprint density at radius 2 is 1.94 bits per heavy atom. The van der Waals surface area contributed by atoms with E-state index in [4.69, 9.17) is 21.1 Å². The average molecular weight is 492 g/mol. The number of aromatic carboxylic acids is 1. The van der Waals surface area contributed by atoms with E-state index in [-0.39, 0.29) is 36.0 Å². The van der Waals surface area contributed by atoms with Gasteiger partial charge < -0.3 is 24.3 Å². The molecule has 0 aliphatic heterocycles. The third-order valence-electron chi connectivity index (χ3n) is 5.72. The zero-order chi connectivity index (χ0) is 25.0. The predicted molar refractivity (Wildman–Crippen MR) is 128 cm³/mol. The first kappa shape index (κ1) is 25.7. The number of aliphatic hydroxyl groups excluding tert-OH is 1. The van der Waals surface area contributed by atoms with E-state index in [0.717, 1.165) is 0 Å². The molecule has 0 bridgehead atoms. The Bertz CT molecular complexity index is 1260. The van der Waals surface area contributed by atoms with Crippen LogP contribution in [0.15, 0.2) is 41.3 Å². The van der Waals surface area contributed by atoms with E-state index in [1.807, 2.05) is 13.8 Å². The molecule has 0 saturated heterocycles. The molecule has 1 aromatic heterocycles. The fourth-order valence-electron chi connectivity index (χ4n) is 3.87. The number of aromatic nitrogens is 1. The van der Waals surface area contributed by atoms with Gasteiger partial charge in [-0.25, -0.2) is 9.18 Å². The van der Waals surface area contributed by atoms with Crippen molar-refractivity contribution in [3.8, 4) is 5.75 Å². The predicted octanol–water partition coefficient (Wildman–Crippen LogP) is 4.30. The highest BCUT2D eigenvalue weighted by atomic mass is 35.5. The third kappa shape index (κ3) is 5.24. The number of hydrogen-bond acceptors (Lipinski definition) is 5. The van der Waals surface area contributed by atoms with Crippen LogP contribution in [0.2, 0.25) is 5.02 Å². The minimum Gasteiger partial charge on any atom is -0.491 e. The molecule has 1 atom stereocenters. The van der Waals surface area contributed by atoms with Crippen LogP contribution in [0.5, 0.6) is 5.75 Å². The van der Waals surface area contributed by atoms with Gasteiger partial charge in [0, 0.05) is 31.2 Å². The van der Waals surface area contributed by atoms with Gasteiger partial charge in [0.25, 0.3) is 0 Å². The van der Waals surface area contributed by atoms with E-state index in [1.54, 1.807) is 22.8 Å². The van der Waals surface area contributed by atoms with Crippen LogP contribution in [0.1, 0.15) is 41.4 Å². The highest BCUT2D eigenvalue weighted by Gasteiger charge is 2.23. The van der Waals surface area contributed by atoms with Crippen molar-refractivity contribution >= 4 is 28.5 Å². The first-order valence-electron chi connectivity index (χ1n) is 10.8. The zero-order valence-electron chi connectivity index (χ0n) is 19.2. The molecule has 0 fully saturated rings. The van der Waals surface area contributed by atoms with Gasteiger partial charge >= 0.3 is 5.97 Å². The SMILES string of the molecule is COCCOc1cc2c(cc1Cc1cccc(Cl)c1F)c(=O)c(C(=O)O)cn2[C@H](CO)C(C)C. The van der Waals surface area contributed by atoms with Gasteiger partial charge in [0.2, 0.25) is 5.43 Å². The van der Waals surface area contributed by atoms with Crippen molar-refractivity contribution in [2.24, 2.45) is 5.92 Å². The second-order valence-corrected chi connectivity index (χ2v) is 8.69. The lowest BCUT2D eigenvalue weighted by molar-refractivity contribution is 0.0694. The number of methoxy groups -OCH3 is 1. The molecule has 0 unspecified atom stereocenters. The molecule has 1 heterocycles. The highest BCUT2D eigenvalue weighted by molar-refractivity contribution is 6.30. The number of pyridine rings is 1. The quantitative estimate of drug-likeness (QED) is 0.410. The Labute approximate surface area is 201 Å². The van der Waals surface area contributed by atoms with Crippen LogP contribution in [0.4, 0.5) is 4.39 Å². The fourth-order valence-corrected chi connectivity index (χ4v) is 4.06. The number of nitrogens with zero attached hydrogens (tertiary/aromatic N) is 1. The van der Waals surface area contributed by atoms with Gasteiger partial charge in [-0.3, -0.25) is 4.79 Å². The second-order valence-electron chi connectivity index (χ2n) is 8.29. The van der Waals surface area contributed by atoms with Gasteiger partial charge in [0.1, 0.15) is 23.7 Å². The molecule has 9 heteroatoms. The Morgan fingerprint density at radius 3 is 2.56 bits per heavy atom. The molecule has 34 heavy (non-hydrogen) atoms. The van der Waals surface area contributed by atoms with Crippen LogP contribution in [0, 0.1) is 11.7 Å². The van der Waals surface area contributed by atoms with E-state index in [1.165, 1.54) is 25.4 Å². The first-order chi connectivity index (χ1) is 16.2. The van der Waals surface area contributed by atoms with Crippen LogP contribution in [0.25, 0.3) is 10.9 Å².